The van der Waals surface area contributed by atoms with E-state index in [4.69, 9.17) is 9.47 Å². The lowest BCUT2D eigenvalue weighted by Gasteiger charge is -2.27. The van der Waals surface area contributed by atoms with E-state index in [2.05, 4.69) is 16.0 Å². The first-order chi connectivity index (χ1) is 21.5. The highest BCUT2D eigenvalue weighted by Gasteiger charge is 2.30. The molecule has 0 aromatic heterocycles. The molecule has 2 unspecified atom stereocenters. The van der Waals surface area contributed by atoms with Crippen molar-refractivity contribution < 1.29 is 23.9 Å². The third kappa shape index (κ3) is 10.4. The van der Waals surface area contributed by atoms with Crippen molar-refractivity contribution in [3.63, 3.8) is 0 Å². The highest BCUT2D eigenvalue weighted by molar-refractivity contribution is 6.02. The van der Waals surface area contributed by atoms with Crippen LogP contribution in [0.5, 0.6) is 5.75 Å². The third-order valence-electron chi connectivity index (χ3n) is 6.99. The number of anilines is 1. The van der Waals surface area contributed by atoms with E-state index in [1.165, 1.54) is 0 Å². The van der Waals surface area contributed by atoms with Crippen molar-refractivity contribution in [2.24, 2.45) is 5.92 Å². The van der Waals surface area contributed by atoms with Crippen molar-refractivity contribution in [2.45, 2.75) is 71.8 Å². The summed E-state index contributed by atoms with van der Waals surface area (Å²) in [6, 6.07) is 28.3. The van der Waals surface area contributed by atoms with Gasteiger partial charge in [0.15, 0.2) is 0 Å². The van der Waals surface area contributed by atoms with Crippen molar-refractivity contribution in [1.82, 2.24) is 10.6 Å². The van der Waals surface area contributed by atoms with Crippen LogP contribution in [0.3, 0.4) is 0 Å². The number of amides is 3. The Hall–Kier alpha value is -4.85. The fraction of sp³-hybridized carbons (Fsp3) is 0.324. The van der Waals surface area contributed by atoms with Gasteiger partial charge in [0.2, 0.25) is 5.91 Å². The quantitative estimate of drug-likeness (QED) is 0.150. The van der Waals surface area contributed by atoms with E-state index in [-0.39, 0.29) is 12.3 Å². The smallest absolute Gasteiger partial charge is 0.329 e. The van der Waals surface area contributed by atoms with Gasteiger partial charge in [-0.2, -0.15) is 0 Å². The van der Waals surface area contributed by atoms with Crippen LogP contribution in [0, 0.1) is 5.92 Å². The van der Waals surface area contributed by atoms with Gasteiger partial charge in [-0.15, -0.1) is 0 Å². The first-order valence-corrected chi connectivity index (χ1v) is 15.3. The zero-order valence-electron chi connectivity index (χ0n) is 26.6. The molecule has 45 heavy (non-hydrogen) atoms. The number of hydrogen-bond acceptors (Lipinski definition) is 5. The summed E-state index contributed by atoms with van der Waals surface area (Å²) in [5.41, 5.74) is 1.77. The summed E-state index contributed by atoms with van der Waals surface area (Å²) < 4.78 is 11.6. The fourth-order valence-electron chi connectivity index (χ4n) is 4.89. The van der Waals surface area contributed by atoms with Gasteiger partial charge in [-0.1, -0.05) is 92.7 Å². The van der Waals surface area contributed by atoms with Gasteiger partial charge in [0.1, 0.15) is 30.0 Å². The van der Waals surface area contributed by atoms with Crippen LogP contribution in [0.1, 0.15) is 52.2 Å². The molecule has 0 aliphatic heterocycles. The summed E-state index contributed by atoms with van der Waals surface area (Å²) in [5, 5.41) is 10.5. The van der Waals surface area contributed by atoms with Crippen LogP contribution in [0.25, 0.3) is 10.8 Å². The van der Waals surface area contributed by atoms with E-state index in [0.717, 1.165) is 21.9 Å². The summed E-state index contributed by atoms with van der Waals surface area (Å²) >= 11 is 0. The zero-order valence-corrected chi connectivity index (χ0v) is 26.6. The van der Waals surface area contributed by atoms with Gasteiger partial charge in [-0.3, -0.25) is 4.79 Å². The molecule has 0 spiro atoms. The zero-order chi connectivity index (χ0) is 32.4. The number of nitrogens with one attached hydrogen (secondary N) is 3. The fourth-order valence-corrected chi connectivity index (χ4v) is 4.89. The van der Waals surface area contributed by atoms with Crippen LogP contribution in [-0.2, 0) is 27.4 Å². The minimum atomic E-state index is -0.967. The molecule has 8 heteroatoms. The molecule has 0 bridgehead atoms. The Morgan fingerprint density at radius 2 is 1.40 bits per heavy atom. The van der Waals surface area contributed by atoms with Gasteiger partial charge >= 0.3 is 12.0 Å². The maximum Gasteiger partial charge on any atom is 0.329 e. The predicted octanol–water partition coefficient (Wildman–Crippen LogP) is 7.02. The van der Waals surface area contributed by atoms with Gasteiger partial charge in [0.25, 0.3) is 0 Å². The number of ether oxygens (including phenoxy) is 2. The van der Waals surface area contributed by atoms with Gasteiger partial charge in [-0.05, 0) is 67.8 Å². The second kappa shape index (κ2) is 15.2. The summed E-state index contributed by atoms with van der Waals surface area (Å²) in [6.07, 6.45) is 0.583. The van der Waals surface area contributed by atoms with Crippen molar-refractivity contribution in [1.29, 1.82) is 0 Å². The Morgan fingerprint density at radius 1 is 0.733 bits per heavy atom. The highest BCUT2D eigenvalue weighted by Crippen LogP contribution is 2.23. The van der Waals surface area contributed by atoms with E-state index in [9.17, 15) is 14.4 Å². The molecule has 2 atom stereocenters. The summed E-state index contributed by atoms with van der Waals surface area (Å²) in [6.45, 7) is 9.72. The second-order valence-electron chi connectivity index (χ2n) is 12.5. The predicted molar refractivity (Wildman–Crippen MR) is 178 cm³/mol. The molecule has 0 aliphatic carbocycles. The lowest BCUT2D eigenvalue weighted by molar-refractivity contribution is -0.158. The first kappa shape index (κ1) is 33.1. The molecule has 0 saturated heterocycles. The molecule has 0 fully saturated rings. The maximum atomic E-state index is 13.6. The minimum Gasteiger partial charge on any atom is -0.489 e. The van der Waals surface area contributed by atoms with Crippen LogP contribution >= 0.6 is 0 Å². The monoisotopic (exact) mass is 609 g/mol. The molecular weight excluding hydrogens is 566 g/mol. The van der Waals surface area contributed by atoms with Gasteiger partial charge in [-0.25, -0.2) is 9.59 Å². The van der Waals surface area contributed by atoms with Gasteiger partial charge in [0.05, 0.1) is 5.69 Å². The van der Waals surface area contributed by atoms with Crippen molar-refractivity contribution in [3.8, 4) is 5.75 Å². The van der Waals surface area contributed by atoms with Crippen LogP contribution in [0.4, 0.5) is 10.5 Å². The second-order valence-corrected chi connectivity index (χ2v) is 12.5. The maximum absolute atomic E-state index is 13.6. The number of hydrogen-bond donors (Lipinski definition) is 3. The number of benzene rings is 4. The molecule has 3 amide bonds. The van der Waals surface area contributed by atoms with Crippen molar-refractivity contribution in [2.75, 3.05) is 5.32 Å². The Kier molecular flexibility index (Phi) is 11.2. The summed E-state index contributed by atoms with van der Waals surface area (Å²) in [5.74, 6) is -0.222. The molecule has 8 nitrogen and oxygen atoms in total. The molecule has 0 heterocycles. The Balaban J connectivity index is 1.45. The summed E-state index contributed by atoms with van der Waals surface area (Å²) in [7, 11) is 0. The Labute approximate surface area is 265 Å². The first-order valence-electron chi connectivity index (χ1n) is 15.3. The topological polar surface area (TPSA) is 106 Å². The van der Waals surface area contributed by atoms with E-state index in [0.29, 0.717) is 24.5 Å². The molecule has 0 aliphatic rings. The summed E-state index contributed by atoms with van der Waals surface area (Å²) in [4.78, 5) is 40.1. The van der Waals surface area contributed by atoms with Crippen LogP contribution in [0.15, 0.2) is 97.1 Å². The molecule has 0 saturated carbocycles. The number of fused-ring (bicyclic) bond motifs is 1. The number of esters is 1. The normalized spacial score (nSPS) is 12.7. The molecule has 4 aromatic carbocycles. The molecule has 236 valence electrons. The molecule has 4 rings (SSSR count). The van der Waals surface area contributed by atoms with Crippen molar-refractivity contribution >= 4 is 34.4 Å². The average molecular weight is 610 g/mol. The van der Waals surface area contributed by atoms with E-state index in [1.54, 1.807) is 20.8 Å². The number of carbonyl (C=O) groups excluding carboxylic acids is 3. The number of rotatable bonds is 12. The lowest BCUT2D eigenvalue weighted by Crippen LogP contribution is -2.54. The minimum absolute atomic E-state index is 0.0991. The van der Waals surface area contributed by atoms with Crippen molar-refractivity contribution in [3.05, 3.63) is 108 Å². The largest absolute Gasteiger partial charge is 0.489 e. The third-order valence-corrected chi connectivity index (χ3v) is 6.99. The Morgan fingerprint density at radius 3 is 2.09 bits per heavy atom. The molecule has 0 radical (unpaired) electrons. The van der Waals surface area contributed by atoms with Gasteiger partial charge in [0, 0.05) is 11.8 Å². The Bertz CT molecular complexity index is 1570. The van der Waals surface area contributed by atoms with Gasteiger partial charge < -0.3 is 25.4 Å². The SMILES string of the molecule is CC(C)CC(NC(=O)Nc1cccc2ccccc12)C(=O)NC(Cc1ccc(OCc2ccccc2)cc1)C(=O)OC(C)(C)C. The highest BCUT2D eigenvalue weighted by atomic mass is 16.6. The molecular formula is C37H43N3O5. The van der Waals surface area contributed by atoms with Crippen LogP contribution in [-0.4, -0.2) is 35.6 Å². The molecule has 4 aromatic rings. The number of urea groups is 1. The number of carbonyl (C=O) groups is 3. The molecule has 3 N–H and O–H groups in total. The van der Waals surface area contributed by atoms with Crippen LogP contribution in [0.2, 0.25) is 0 Å². The van der Waals surface area contributed by atoms with E-state index in [1.807, 2.05) is 111 Å². The van der Waals surface area contributed by atoms with E-state index < -0.39 is 35.6 Å². The average Bonchev–Trinajstić information content (AvgIpc) is 2.99. The standard InChI is InChI=1S/C37H43N3O5/c1-25(2)22-32(40-36(43)39-31-17-11-15-28-14-9-10-16-30(28)31)34(41)38-33(35(42)45-37(3,4)5)23-26-18-20-29(21-19-26)44-24-27-12-7-6-8-13-27/h6-21,25,32-33H,22-24H2,1-5H3,(H,38,41)(H2,39,40,43). The van der Waals surface area contributed by atoms with E-state index >= 15 is 0 Å². The lowest BCUT2D eigenvalue weighted by atomic mass is 10.0. The van der Waals surface area contributed by atoms with Crippen LogP contribution < -0.4 is 20.7 Å².